The van der Waals surface area contributed by atoms with Crippen LogP contribution in [0.15, 0.2) is 24.3 Å². The Labute approximate surface area is 120 Å². The molecule has 0 bridgehead atoms. The largest absolute Gasteiger partial charge is 0.313 e. The Kier molecular flexibility index (Phi) is 5.12. The summed E-state index contributed by atoms with van der Waals surface area (Å²) in [4.78, 5) is 0. The number of nitrogens with zero attached hydrogens (tertiary/aromatic N) is 1. The number of likely N-dealkylation sites (N-methyl/N-ethyl adjacent to an activating group) is 1. The molecule has 0 aliphatic carbocycles. The van der Waals surface area contributed by atoms with Crippen LogP contribution in [0, 0.1) is 5.82 Å². The Balaban J connectivity index is 2.04. The first-order valence-electron chi connectivity index (χ1n) is 6.97. The van der Waals surface area contributed by atoms with Gasteiger partial charge in [0.05, 0.1) is 5.75 Å². The molecule has 1 heterocycles. The van der Waals surface area contributed by atoms with Gasteiger partial charge in [-0.1, -0.05) is 19.1 Å². The highest BCUT2D eigenvalue weighted by Gasteiger charge is 2.25. The van der Waals surface area contributed by atoms with Gasteiger partial charge in [0.15, 0.2) is 0 Å². The first kappa shape index (κ1) is 15.4. The predicted octanol–water partition coefficient (Wildman–Crippen LogP) is 1.73. The van der Waals surface area contributed by atoms with Crippen LogP contribution >= 0.6 is 0 Å². The average Bonchev–Trinajstić information content (AvgIpc) is 2.91. The van der Waals surface area contributed by atoms with Gasteiger partial charge in [-0.3, -0.25) is 0 Å². The van der Waals surface area contributed by atoms with Crippen molar-refractivity contribution in [2.75, 3.05) is 19.6 Å². The lowest BCUT2D eigenvalue weighted by Crippen LogP contribution is -2.41. The summed E-state index contributed by atoms with van der Waals surface area (Å²) >= 11 is 0. The van der Waals surface area contributed by atoms with E-state index < -0.39 is 10.0 Å². The fraction of sp³-hybridized carbons (Fsp3) is 0.571. The minimum atomic E-state index is -3.35. The molecule has 20 heavy (non-hydrogen) atoms. The van der Waals surface area contributed by atoms with Crippen LogP contribution in [0.25, 0.3) is 0 Å². The molecule has 0 radical (unpaired) electrons. The van der Waals surface area contributed by atoms with E-state index in [0.717, 1.165) is 19.4 Å². The Hall–Kier alpha value is -0.980. The van der Waals surface area contributed by atoms with Crippen LogP contribution in [-0.2, 0) is 15.8 Å². The number of nitrogens with one attached hydrogen (secondary N) is 1. The number of halogens is 1. The molecule has 112 valence electrons. The zero-order chi connectivity index (χ0) is 14.6. The summed E-state index contributed by atoms with van der Waals surface area (Å²) < 4.78 is 39.2. The fourth-order valence-electron chi connectivity index (χ4n) is 2.48. The summed E-state index contributed by atoms with van der Waals surface area (Å²) in [5.74, 6) is -0.429. The molecule has 1 aromatic rings. The second kappa shape index (κ2) is 6.65. The first-order chi connectivity index (χ1) is 9.51. The van der Waals surface area contributed by atoms with E-state index in [1.54, 1.807) is 0 Å². The highest BCUT2D eigenvalue weighted by atomic mass is 32.2. The van der Waals surface area contributed by atoms with E-state index in [9.17, 15) is 12.8 Å². The second-order valence-electron chi connectivity index (χ2n) is 5.13. The molecule has 1 N–H and O–H groups in total. The van der Waals surface area contributed by atoms with Gasteiger partial charge in [-0.05, 0) is 37.1 Å². The quantitative estimate of drug-likeness (QED) is 0.870. The van der Waals surface area contributed by atoms with Gasteiger partial charge in [-0.15, -0.1) is 0 Å². The molecule has 6 heteroatoms. The van der Waals surface area contributed by atoms with Gasteiger partial charge >= 0.3 is 0 Å². The van der Waals surface area contributed by atoms with Crippen molar-refractivity contribution < 1.29 is 12.8 Å². The molecule has 0 spiro atoms. The molecule has 1 saturated heterocycles. The van der Waals surface area contributed by atoms with Crippen LogP contribution in [0.3, 0.4) is 0 Å². The van der Waals surface area contributed by atoms with Crippen molar-refractivity contribution in [2.24, 2.45) is 0 Å². The lowest BCUT2D eigenvalue weighted by molar-refractivity contribution is 0.382. The molecule has 0 amide bonds. The van der Waals surface area contributed by atoms with Crippen molar-refractivity contribution in [3.63, 3.8) is 0 Å². The minimum Gasteiger partial charge on any atom is -0.313 e. The average molecular weight is 300 g/mol. The SMILES string of the molecule is CCN(CC1CCCN1)S(=O)(=O)Cc1ccc(F)cc1. The maximum atomic E-state index is 12.8. The first-order valence-corrected chi connectivity index (χ1v) is 8.58. The van der Waals surface area contributed by atoms with Crippen molar-refractivity contribution in [3.05, 3.63) is 35.6 Å². The van der Waals surface area contributed by atoms with Gasteiger partial charge in [0, 0.05) is 19.1 Å². The van der Waals surface area contributed by atoms with Crippen LogP contribution in [0.4, 0.5) is 4.39 Å². The van der Waals surface area contributed by atoms with Gasteiger partial charge in [0.25, 0.3) is 0 Å². The molecule has 2 rings (SSSR count). The fourth-order valence-corrected chi connectivity index (χ4v) is 4.08. The number of sulfonamides is 1. The van der Waals surface area contributed by atoms with Gasteiger partial charge in [-0.2, -0.15) is 0 Å². The minimum absolute atomic E-state index is 0.0756. The third kappa shape index (κ3) is 4.01. The van der Waals surface area contributed by atoms with Gasteiger partial charge in [-0.25, -0.2) is 17.1 Å². The van der Waals surface area contributed by atoms with Crippen LogP contribution in [0.1, 0.15) is 25.3 Å². The number of benzene rings is 1. The summed E-state index contributed by atoms with van der Waals surface area (Å²) in [6, 6.07) is 5.88. The monoisotopic (exact) mass is 300 g/mol. The zero-order valence-corrected chi connectivity index (χ0v) is 12.5. The predicted molar refractivity (Wildman–Crippen MR) is 77.3 cm³/mol. The number of rotatable bonds is 6. The van der Waals surface area contributed by atoms with Crippen LogP contribution in [0.5, 0.6) is 0 Å². The van der Waals surface area contributed by atoms with E-state index >= 15 is 0 Å². The van der Waals surface area contributed by atoms with E-state index in [4.69, 9.17) is 0 Å². The standard InChI is InChI=1S/C14H21FN2O2S/c1-2-17(10-14-4-3-9-16-14)20(18,19)11-12-5-7-13(15)8-6-12/h5-8,14,16H,2-4,9-11H2,1H3. The molecular formula is C14H21FN2O2S. The summed E-state index contributed by atoms with van der Waals surface area (Å²) in [6.07, 6.45) is 2.11. The highest BCUT2D eigenvalue weighted by molar-refractivity contribution is 7.88. The summed E-state index contributed by atoms with van der Waals surface area (Å²) in [5.41, 5.74) is 0.615. The highest BCUT2D eigenvalue weighted by Crippen LogP contribution is 2.14. The van der Waals surface area contributed by atoms with Crippen LogP contribution in [-0.4, -0.2) is 38.4 Å². The lowest BCUT2D eigenvalue weighted by atomic mass is 10.2. The van der Waals surface area contributed by atoms with E-state index in [2.05, 4.69) is 5.32 Å². The molecule has 1 unspecified atom stereocenters. The van der Waals surface area contributed by atoms with Crippen molar-refractivity contribution >= 4 is 10.0 Å². The van der Waals surface area contributed by atoms with Crippen LogP contribution in [0.2, 0.25) is 0 Å². The second-order valence-corrected chi connectivity index (χ2v) is 7.10. The van der Waals surface area contributed by atoms with Crippen molar-refractivity contribution in [2.45, 2.75) is 31.6 Å². The number of hydrogen-bond acceptors (Lipinski definition) is 3. The lowest BCUT2D eigenvalue weighted by Gasteiger charge is -2.24. The topological polar surface area (TPSA) is 49.4 Å². The maximum absolute atomic E-state index is 12.8. The third-order valence-electron chi connectivity index (χ3n) is 3.59. The summed E-state index contributed by atoms with van der Waals surface area (Å²) in [7, 11) is -3.35. The normalized spacial score (nSPS) is 19.6. The Morgan fingerprint density at radius 3 is 2.60 bits per heavy atom. The van der Waals surface area contributed by atoms with Gasteiger partial charge < -0.3 is 5.32 Å². The Morgan fingerprint density at radius 1 is 1.35 bits per heavy atom. The molecule has 1 aromatic carbocycles. The van der Waals surface area contributed by atoms with E-state index in [-0.39, 0.29) is 17.6 Å². The molecule has 0 saturated carbocycles. The molecule has 1 aliphatic rings. The van der Waals surface area contributed by atoms with E-state index in [0.29, 0.717) is 18.7 Å². The summed E-state index contributed by atoms with van der Waals surface area (Å²) in [5, 5.41) is 3.31. The van der Waals surface area contributed by atoms with Crippen LogP contribution < -0.4 is 5.32 Å². The zero-order valence-electron chi connectivity index (χ0n) is 11.7. The summed E-state index contributed by atoms with van der Waals surface area (Å²) in [6.45, 7) is 3.78. The molecule has 1 aliphatic heterocycles. The van der Waals surface area contributed by atoms with Crippen molar-refractivity contribution in [1.82, 2.24) is 9.62 Å². The Morgan fingerprint density at radius 2 is 2.05 bits per heavy atom. The third-order valence-corrected chi connectivity index (χ3v) is 5.49. The van der Waals surface area contributed by atoms with Crippen molar-refractivity contribution in [3.8, 4) is 0 Å². The van der Waals surface area contributed by atoms with E-state index in [1.807, 2.05) is 6.92 Å². The number of hydrogen-bond donors (Lipinski definition) is 1. The maximum Gasteiger partial charge on any atom is 0.218 e. The molecule has 1 fully saturated rings. The van der Waals surface area contributed by atoms with Gasteiger partial charge in [0.2, 0.25) is 10.0 Å². The van der Waals surface area contributed by atoms with Gasteiger partial charge in [0.1, 0.15) is 5.82 Å². The smallest absolute Gasteiger partial charge is 0.218 e. The molecule has 0 aromatic heterocycles. The van der Waals surface area contributed by atoms with E-state index in [1.165, 1.54) is 28.6 Å². The Bertz CT molecular complexity index is 525. The molecular weight excluding hydrogens is 279 g/mol. The molecule has 1 atom stereocenters. The van der Waals surface area contributed by atoms with Crippen molar-refractivity contribution in [1.29, 1.82) is 0 Å². The molecule has 4 nitrogen and oxygen atoms in total.